The van der Waals surface area contributed by atoms with E-state index < -0.39 is 0 Å². The lowest BCUT2D eigenvalue weighted by Gasteiger charge is -2.23. The molecule has 0 aliphatic carbocycles. The van der Waals surface area contributed by atoms with Gasteiger partial charge in [-0.25, -0.2) is 0 Å². The average Bonchev–Trinajstić information content (AvgIpc) is 2.13. The van der Waals surface area contributed by atoms with E-state index in [2.05, 4.69) is 19.2 Å². The number of carbonyl (C=O) groups excluding carboxylic acids is 1. The SMILES string of the molecule is CSC(C)(C)CNC(=O)C(C)CCl. The molecular formula is C9H18ClNOS. The molecule has 0 heterocycles. The molecule has 1 N–H and O–H groups in total. The van der Waals surface area contributed by atoms with Crippen LogP contribution in [0.3, 0.4) is 0 Å². The normalized spacial score (nSPS) is 13.9. The number of alkyl halides is 1. The number of carbonyl (C=O) groups is 1. The Morgan fingerprint density at radius 3 is 2.54 bits per heavy atom. The summed E-state index contributed by atoms with van der Waals surface area (Å²) < 4.78 is 0.0989. The van der Waals surface area contributed by atoms with Crippen molar-refractivity contribution >= 4 is 29.3 Å². The monoisotopic (exact) mass is 223 g/mol. The highest BCUT2D eigenvalue weighted by Crippen LogP contribution is 2.19. The Kier molecular flexibility index (Phi) is 5.81. The van der Waals surface area contributed by atoms with E-state index in [0.717, 1.165) is 0 Å². The molecule has 1 atom stereocenters. The fourth-order valence-corrected chi connectivity index (χ4v) is 0.973. The summed E-state index contributed by atoms with van der Waals surface area (Å²) in [4.78, 5) is 11.3. The van der Waals surface area contributed by atoms with Crippen molar-refractivity contribution in [3.05, 3.63) is 0 Å². The molecular weight excluding hydrogens is 206 g/mol. The second kappa shape index (κ2) is 5.76. The van der Waals surface area contributed by atoms with Crippen molar-refractivity contribution < 1.29 is 4.79 Å². The zero-order valence-electron chi connectivity index (χ0n) is 8.69. The van der Waals surface area contributed by atoms with E-state index in [9.17, 15) is 4.79 Å². The summed E-state index contributed by atoms with van der Waals surface area (Å²) in [7, 11) is 0. The van der Waals surface area contributed by atoms with E-state index >= 15 is 0 Å². The molecule has 13 heavy (non-hydrogen) atoms. The molecule has 1 amide bonds. The van der Waals surface area contributed by atoms with Crippen LogP contribution in [0, 0.1) is 5.92 Å². The van der Waals surface area contributed by atoms with Crippen molar-refractivity contribution in [3.63, 3.8) is 0 Å². The summed E-state index contributed by atoms with van der Waals surface area (Å²) in [5, 5.41) is 2.88. The third-order valence-corrected chi connectivity index (χ3v) is 3.63. The first kappa shape index (κ1) is 13.1. The minimum absolute atomic E-state index is 0.0390. The summed E-state index contributed by atoms with van der Waals surface area (Å²) in [5.41, 5.74) is 0. The topological polar surface area (TPSA) is 29.1 Å². The maximum Gasteiger partial charge on any atom is 0.224 e. The molecule has 0 aromatic carbocycles. The van der Waals surface area contributed by atoms with E-state index in [-0.39, 0.29) is 16.6 Å². The molecule has 0 aromatic rings. The van der Waals surface area contributed by atoms with Crippen LogP contribution >= 0.6 is 23.4 Å². The molecule has 0 aliphatic rings. The van der Waals surface area contributed by atoms with E-state index in [0.29, 0.717) is 12.4 Å². The van der Waals surface area contributed by atoms with Gasteiger partial charge in [0.15, 0.2) is 0 Å². The number of rotatable bonds is 5. The highest BCUT2D eigenvalue weighted by atomic mass is 35.5. The first-order valence-corrected chi connectivity index (χ1v) is 6.07. The van der Waals surface area contributed by atoms with Crippen molar-refractivity contribution in [1.29, 1.82) is 0 Å². The number of amides is 1. The highest BCUT2D eigenvalue weighted by Gasteiger charge is 2.18. The van der Waals surface area contributed by atoms with Crippen LogP contribution in [0.15, 0.2) is 0 Å². The highest BCUT2D eigenvalue weighted by molar-refractivity contribution is 7.99. The predicted molar refractivity (Wildman–Crippen MR) is 60.5 cm³/mol. The molecule has 1 unspecified atom stereocenters. The third-order valence-electron chi connectivity index (χ3n) is 1.92. The molecule has 4 heteroatoms. The Balaban J connectivity index is 3.83. The molecule has 0 bridgehead atoms. The standard InChI is InChI=1S/C9H18ClNOS/c1-7(5-10)8(12)11-6-9(2,3)13-4/h7H,5-6H2,1-4H3,(H,11,12). The van der Waals surface area contributed by atoms with Gasteiger partial charge in [0.2, 0.25) is 5.91 Å². The Bertz CT molecular complexity index is 173. The van der Waals surface area contributed by atoms with Crippen LogP contribution in [0.25, 0.3) is 0 Å². The molecule has 0 saturated carbocycles. The van der Waals surface area contributed by atoms with Gasteiger partial charge >= 0.3 is 0 Å². The maximum atomic E-state index is 11.3. The van der Waals surface area contributed by atoms with Gasteiger partial charge in [0.25, 0.3) is 0 Å². The Labute approximate surface area is 89.8 Å². The quantitative estimate of drug-likeness (QED) is 0.724. The lowest BCUT2D eigenvalue weighted by atomic mass is 10.1. The van der Waals surface area contributed by atoms with Crippen LogP contribution in [0.2, 0.25) is 0 Å². The van der Waals surface area contributed by atoms with Crippen molar-refractivity contribution in [2.75, 3.05) is 18.7 Å². The molecule has 0 aliphatic heterocycles. The van der Waals surface area contributed by atoms with Crippen LogP contribution < -0.4 is 5.32 Å². The summed E-state index contributed by atoms with van der Waals surface area (Å²) in [5.74, 6) is 0.322. The van der Waals surface area contributed by atoms with Crippen molar-refractivity contribution in [2.24, 2.45) is 5.92 Å². The zero-order chi connectivity index (χ0) is 10.5. The minimum Gasteiger partial charge on any atom is -0.354 e. The Morgan fingerprint density at radius 2 is 2.15 bits per heavy atom. The summed E-state index contributed by atoms with van der Waals surface area (Å²) in [6.07, 6.45) is 2.04. The Hall–Kier alpha value is 0.110. The van der Waals surface area contributed by atoms with Gasteiger partial charge in [0.05, 0.1) is 0 Å². The van der Waals surface area contributed by atoms with Gasteiger partial charge in [-0.2, -0.15) is 11.8 Å². The van der Waals surface area contributed by atoms with Crippen LogP contribution in [0.4, 0.5) is 0 Å². The van der Waals surface area contributed by atoms with Gasteiger partial charge in [-0.1, -0.05) is 6.92 Å². The molecule has 0 fully saturated rings. The predicted octanol–water partition coefficient (Wildman–Crippen LogP) is 2.12. The van der Waals surface area contributed by atoms with Crippen LogP contribution in [-0.4, -0.2) is 29.3 Å². The summed E-state index contributed by atoms with van der Waals surface area (Å²) in [6.45, 7) is 6.72. The van der Waals surface area contributed by atoms with Gasteiger partial charge in [0.1, 0.15) is 0 Å². The fourth-order valence-electron chi connectivity index (χ4n) is 0.616. The van der Waals surface area contributed by atoms with E-state index in [4.69, 9.17) is 11.6 Å². The van der Waals surface area contributed by atoms with Crippen molar-refractivity contribution in [1.82, 2.24) is 5.32 Å². The maximum absolute atomic E-state index is 11.3. The van der Waals surface area contributed by atoms with E-state index in [1.165, 1.54) is 0 Å². The number of hydrogen-bond donors (Lipinski definition) is 1. The van der Waals surface area contributed by atoms with Gasteiger partial charge in [-0.3, -0.25) is 4.79 Å². The molecule has 0 rings (SSSR count). The van der Waals surface area contributed by atoms with Crippen molar-refractivity contribution in [3.8, 4) is 0 Å². The Morgan fingerprint density at radius 1 is 1.62 bits per heavy atom. The van der Waals surface area contributed by atoms with Crippen molar-refractivity contribution in [2.45, 2.75) is 25.5 Å². The van der Waals surface area contributed by atoms with Gasteiger partial charge < -0.3 is 5.32 Å². The molecule has 0 aromatic heterocycles. The fraction of sp³-hybridized carbons (Fsp3) is 0.889. The van der Waals surface area contributed by atoms with Gasteiger partial charge in [-0.05, 0) is 20.1 Å². The smallest absolute Gasteiger partial charge is 0.224 e. The van der Waals surface area contributed by atoms with Gasteiger partial charge in [-0.15, -0.1) is 11.6 Å². The number of hydrogen-bond acceptors (Lipinski definition) is 2. The van der Waals surface area contributed by atoms with Crippen LogP contribution in [0.1, 0.15) is 20.8 Å². The number of nitrogens with one attached hydrogen (secondary N) is 1. The third kappa shape index (κ3) is 5.42. The largest absolute Gasteiger partial charge is 0.354 e. The number of thioether (sulfide) groups is 1. The summed E-state index contributed by atoms with van der Waals surface area (Å²) in [6, 6.07) is 0. The minimum atomic E-state index is -0.0978. The van der Waals surface area contributed by atoms with Crippen LogP contribution in [0.5, 0.6) is 0 Å². The molecule has 78 valence electrons. The van der Waals surface area contributed by atoms with E-state index in [1.807, 2.05) is 13.2 Å². The molecule has 0 saturated heterocycles. The van der Waals surface area contributed by atoms with Gasteiger partial charge in [0, 0.05) is 23.1 Å². The molecule has 0 radical (unpaired) electrons. The second-order valence-corrected chi connectivity index (χ2v) is 5.56. The lowest BCUT2D eigenvalue weighted by Crippen LogP contribution is -2.39. The molecule has 0 spiro atoms. The lowest BCUT2D eigenvalue weighted by molar-refractivity contribution is -0.123. The van der Waals surface area contributed by atoms with Crippen LogP contribution in [-0.2, 0) is 4.79 Å². The second-order valence-electron chi connectivity index (χ2n) is 3.74. The first-order valence-electron chi connectivity index (χ1n) is 4.32. The summed E-state index contributed by atoms with van der Waals surface area (Å²) >= 11 is 7.31. The first-order chi connectivity index (χ1) is 5.93. The molecule has 2 nitrogen and oxygen atoms in total. The number of halogens is 1. The zero-order valence-corrected chi connectivity index (χ0v) is 10.3. The average molecular weight is 224 g/mol. The van der Waals surface area contributed by atoms with E-state index in [1.54, 1.807) is 11.8 Å².